The van der Waals surface area contributed by atoms with Crippen LogP contribution in [0.3, 0.4) is 0 Å². The highest BCUT2D eigenvalue weighted by atomic mass is 35.5. The van der Waals surface area contributed by atoms with Gasteiger partial charge >= 0.3 is 0 Å². The Morgan fingerprint density at radius 2 is 1.80 bits per heavy atom. The van der Waals surface area contributed by atoms with Crippen molar-refractivity contribution >= 4 is 23.4 Å². The molecule has 0 radical (unpaired) electrons. The van der Waals surface area contributed by atoms with E-state index >= 15 is 0 Å². The summed E-state index contributed by atoms with van der Waals surface area (Å²) < 4.78 is 13.3. The van der Waals surface area contributed by atoms with E-state index in [1.807, 2.05) is 25.1 Å². The van der Waals surface area contributed by atoms with Crippen LogP contribution in [0.15, 0.2) is 48.5 Å². The van der Waals surface area contributed by atoms with Gasteiger partial charge in [0.05, 0.1) is 0 Å². The minimum Gasteiger partial charge on any atom is -0.354 e. The van der Waals surface area contributed by atoms with Gasteiger partial charge in [0.2, 0.25) is 11.8 Å². The van der Waals surface area contributed by atoms with E-state index in [0.717, 1.165) is 24.0 Å². The zero-order valence-corrected chi connectivity index (χ0v) is 18.4. The van der Waals surface area contributed by atoms with Crippen molar-refractivity contribution in [2.24, 2.45) is 0 Å². The molecule has 1 N–H and O–H groups in total. The molecule has 2 aromatic carbocycles. The Hall–Kier alpha value is -2.40. The van der Waals surface area contributed by atoms with Crippen molar-refractivity contribution < 1.29 is 14.0 Å². The highest BCUT2D eigenvalue weighted by Gasteiger charge is 2.28. The number of carbonyl (C=O) groups excluding carboxylic acids is 2. The summed E-state index contributed by atoms with van der Waals surface area (Å²) in [5, 5.41) is 3.56. The Morgan fingerprint density at radius 3 is 2.43 bits per heavy atom. The van der Waals surface area contributed by atoms with Crippen molar-refractivity contribution in [2.75, 3.05) is 6.54 Å². The van der Waals surface area contributed by atoms with Crippen LogP contribution in [-0.4, -0.2) is 29.3 Å². The number of aryl methyl sites for hydroxylation is 1. The summed E-state index contributed by atoms with van der Waals surface area (Å²) in [5.41, 5.74) is 1.68. The number of carbonyl (C=O) groups is 2. The van der Waals surface area contributed by atoms with E-state index < -0.39 is 6.04 Å². The first kappa shape index (κ1) is 23.9. The van der Waals surface area contributed by atoms with Gasteiger partial charge in [0.15, 0.2) is 0 Å². The lowest BCUT2D eigenvalue weighted by Gasteiger charge is -2.31. The molecular weight excluding hydrogens is 403 g/mol. The molecule has 2 aromatic rings. The van der Waals surface area contributed by atoms with Gasteiger partial charge in [-0.1, -0.05) is 62.2 Å². The van der Waals surface area contributed by atoms with Gasteiger partial charge in [-0.3, -0.25) is 9.59 Å². The summed E-state index contributed by atoms with van der Waals surface area (Å²) in [6.07, 6.45) is 3.10. The molecular formula is C24H30ClFN2O2. The van der Waals surface area contributed by atoms with Crippen molar-refractivity contribution in [1.82, 2.24) is 10.2 Å². The van der Waals surface area contributed by atoms with E-state index in [4.69, 9.17) is 11.6 Å². The third-order valence-electron chi connectivity index (χ3n) is 5.05. The summed E-state index contributed by atoms with van der Waals surface area (Å²) in [7, 11) is 0. The second kappa shape index (κ2) is 12.3. The van der Waals surface area contributed by atoms with Crippen LogP contribution in [0.4, 0.5) is 4.39 Å². The molecule has 0 aliphatic rings. The Morgan fingerprint density at radius 1 is 1.10 bits per heavy atom. The molecule has 0 fully saturated rings. The smallest absolute Gasteiger partial charge is 0.242 e. The van der Waals surface area contributed by atoms with Gasteiger partial charge in [0.25, 0.3) is 0 Å². The second-order valence-electron chi connectivity index (χ2n) is 7.31. The second-order valence-corrected chi connectivity index (χ2v) is 7.72. The van der Waals surface area contributed by atoms with E-state index in [1.165, 1.54) is 12.1 Å². The number of hydrogen-bond donors (Lipinski definition) is 1. The van der Waals surface area contributed by atoms with E-state index in [2.05, 4.69) is 12.2 Å². The SMILES string of the molecule is CCCCNC(=O)C(CC)N(Cc1ccc(F)cc1)C(=O)CCc1ccccc1Cl. The van der Waals surface area contributed by atoms with Crippen LogP contribution in [0.5, 0.6) is 0 Å². The van der Waals surface area contributed by atoms with Crippen LogP contribution >= 0.6 is 11.6 Å². The molecule has 6 heteroatoms. The molecule has 162 valence electrons. The zero-order chi connectivity index (χ0) is 21.9. The van der Waals surface area contributed by atoms with E-state index in [1.54, 1.807) is 23.1 Å². The van der Waals surface area contributed by atoms with Crippen molar-refractivity contribution in [3.63, 3.8) is 0 Å². The quantitative estimate of drug-likeness (QED) is 0.500. The molecule has 0 saturated heterocycles. The van der Waals surface area contributed by atoms with Crippen molar-refractivity contribution in [1.29, 1.82) is 0 Å². The maximum atomic E-state index is 13.3. The summed E-state index contributed by atoms with van der Waals surface area (Å²) >= 11 is 6.22. The monoisotopic (exact) mass is 432 g/mol. The van der Waals surface area contributed by atoms with Crippen LogP contribution < -0.4 is 5.32 Å². The van der Waals surface area contributed by atoms with Gasteiger partial charge in [0.1, 0.15) is 11.9 Å². The fourth-order valence-corrected chi connectivity index (χ4v) is 3.53. The number of amides is 2. The minimum atomic E-state index is -0.578. The minimum absolute atomic E-state index is 0.128. The molecule has 0 spiro atoms. The molecule has 1 unspecified atom stereocenters. The molecule has 4 nitrogen and oxygen atoms in total. The number of halogens is 2. The number of rotatable bonds is 11. The molecule has 0 saturated carbocycles. The fraction of sp³-hybridized carbons (Fsp3) is 0.417. The number of nitrogens with one attached hydrogen (secondary N) is 1. The maximum Gasteiger partial charge on any atom is 0.242 e. The lowest BCUT2D eigenvalue weighted by atomic mass is 10.1. The highest BCUT2D eigenvalue weighted by Crippen LogP contribution is 2.19. The van der Waals surface area contributed by atoms with Crippen LogP contribution in [0.25, 0.3) is 0 Å². The van der Waals surface area contributed by atoms with E-state index in [0.29, 0.717) is 24.4 Å². The van der Waals surface area contributed by atoms with Gasteiger partial charge in [-0.05, 0) is 48.6 Å². The van der Waals surface area contributed by atoms with Crippen LogP contribution in [-0.2, 0) is 22.6 Å². The largest absolute Gasteiger partial charge is 0.354 e. The van der Waals surface area contributed by atoms with Gasteiger partial charge < -0.3 is 10.2 Å². The molecule has 0 heterocycles. The van der Waals surface area contributed by atoms with Gasteiger partial charge in [-0.2, -0.15) is 0 Å². The predicted molar refractivity (Wildman–Crippen MR) is 119 cm³/mol. The lowest BCUT2D eigenvalue weighted by Crippen LogP contribution is -2.49. The number of unbranched alkanes of at least 4 members (excludes halogenated alkanes) is 1. The maximum absolute atomic E-state index is 13.3. The van der Waals surface area contributed by atoms with Crippen molar-refractivity contribution in [2.45, 2.75) is 58.5 Å². The standard InChI is InChI=1S/C24H30ClFN2O2/c1-3-5-16-27-24(30)22(4-2)28(17-18-10-13-20(26)14-11-18)23(29)15-12-19-8-6-7-9-21(19)25/h6-11,13-14,22H,3-5,12,15-17H2,1-2H3,(H,27,30). The first-order valence-corrected chi connectivity index (χ1v) is 10.9. The normalized spacial score (nSPS) is 11.7. The third kappa shape index (κ3) is 7.13. The topological polar surface area (TPSA) is 49.4 Å². The molecule has 2 amide bonds. The Labute approximate surface area is 183 Å². The molecule has 0 aliphatic carbocycles. The summed E-state index contributed by atoms with van der Waals surface area (Å²) in [6, 6.07) is 12.9. The van der Waals surface area contributed by atoms with Crippen molar-refractivity contribution in [3.05, 3.63) is 70.5 Å². The third-order valence-corrected chi connectivity index (χ3v) is 5.42. The van der Waals surface area contributed by atoms with Gasteiger partial charge in [-0.25, -0.2) is 4.39 Å². The average Bonchev–Trinajstić information content (AvgIpc) is 2.74. The molecule has 0 bridgehead atoms. The molecule has 0 aliphatic heterocycles. The summed E-state index contributed by atoms with van der Waals surface area (Å²) in [4.78, 5) is 27.5. The summed E-state index contributed by atoms with van der Waals surface area (Å²) in [5.74, 6) is -0.615. The molecule has 1 atom stereocenters. The predicted octanol–water partition coefficient (Wildman–Crippen LogP) is 5.14. The Balaban J connectivity index is 2.17. The van der Waals surface area contributed by atoms with Crippen LogP contribution in [0.1, 0.15) is 50.7 Å². The Bertz CT molecular complexity index is 826. The zero-order valence-electron chi connectivity index (χ0n) is 17.7. The van der Waals surface area contributed by atoms with Gasteiger partial charge in [0, 0.05) is 24.5 Å². The number of nitrogens with zero attached hydrogens (tertiary/aromatic N) is 1. The van der Waals surface area contributed by atoms with Gasteiger partial charge in [-0.15, -0.1) is 0 Å². The average molecular weight is 433 g/mol. The fourth-order valence-electron chi connectivity index (χ4n) is 3.30. The van der Waals surface area contributed by atoms with Crippen LogP contribution in [0.2, 0.25) is 5.02 Å². The highest BCUT2D eigenvalue weighted by molar-refractivity contribution is 6.31. The van der Waals surface area contributed by atoms with E-state index in [9.17, 15) is 14.0 Å². The molecule has 30 heavy (non-hydrogen) atoms. The molecule has 0 aromatic heterocycles. The number of hydrogen-bond acceptors (Lipinski definition) is 2. The van der Waals surface area contributed by atoms with E-state index in [-0.39, 0.29) is 30.6 Å². The summed E-state index contributed by atoms with van der Waals surface area (Å²) in [6.45, 7) is 4.79. The van der Waals surface area contributed by atoms with Crippen molar-refractivity contribution in [3.8, 4) is 0 Å². The van der Waals surface area contributed by atoms with Crippen LogP contribution in [0, 0.1) is 5.82 Å². The first-order chi connectivity index (χ1) is 14.5. The lowest BCUT2D eigenvalue weighted by molar-refractivity contribution is -0.141. The first-order valence-electron chi connectivity index (χ1n) is 10.5. The Kier molecular flexibility index (Phi) is 9.81. The number of benzene rings is 2. The molecule has 2 rings (SSSR count).